The number of benzene rings is 1. The highest BCUT2D eigenvalue weighted by Crippen LogP contribution is 2.23. The highest BCUT2D eigenvalue weighted by Gasteiger charge is 2.32. The van der Waals surface area contributed by atoms with E-state index in [1.54, 1.807) is 28.4 Å². The highest BCUT2D eigenvalue weighted by atomic mass is 35.5. The van der Waals surface area contributed by atoms with Crippen LogP contribution < -0.4 is 10.6 Å². The number of piperazine rings is 1. The van der Waals surface area contributed by atoms with E-state index in [2.05, 4.69) is 10.6 Å². The van der Waals surface area contributed by atoms with Gasteiger partial charge in [0.25, 0.3) is 0 Å². The molecule has 1 atom stereocenters. The molecule has 1 aromatic carbocycles. The number of nitrogens with one attached hydrogen (secondary N) is 2. The fourth-order valence-corrected chi connectivity index (χ4v) is 4.13. The summed E-state index contributed by atoms with van der Waals surface area (Å²) in [5.41, 5.74) is 0.341. The third-order valence-electron chi connectivity index (χ3n) is 4.50. The summed E-state index contributed by atoms with van der Waals surface area (Å²) in [5.74, 6) is -0.853. The number of halogens is 2. The largest absolute Gasteiger partial charge is 0.353 e. The van der Waals surface area contributed by atoms with Crippen LogP contribution in [0.3, 0.4) is 0 Å². The Morgan fingerprint density at radius 1 is 1.41 bits per heavy atom. The van der Waals surface area contributed by atoms with E-state index in [4.69, 9.17) is 11.6 Å². The molecule has 0 saturated carbocycles. The zero-order valence-electron chi connectivity index (χ0n) is 14.9. The van der Waals surface area contributed by atoms with Gasteiger partial charge in [-0.05, 0) is 31.2 Å². The fourth-order valence-electron chi connectivity index (χ4n) is 3.07. The van der Waals surface area contributed by atoms with Crippen LogP contribution in [0.1, 0.15) is 21.7 Å². The molecule has 0 radical (unpaired) electrons. The fraction of sp³-hybridized carbons (Fsp3) is 0.368. The second-order valence-corrected chi connectivity index (χ2v) is 8.25. The lowest BCUT2D eigenvalue weighted by atomic mass is 10.1. The summed E-state index contributed by atoms with van der Waals surface area (Å²) in [7, 11) is 0. The van der Waals surface area contributed by atoms with Gasteiger partial charge in [0, 0.05) is 40.0 Å². The van der Waals surface area contributed by atoms with E-state index in [0.29, 0.717) is 30.2 Å². The third kappa shape index (κ3) is 5.06. The van der Waals surface area contributed by atoms with Crippen LogP contribution in [-0.4, -0.2) is 35.8 Å². The number of thiophene rings is 1. The second kappa shape index (κ2) is 8.82. The first-order valence-corrected chi connectivity index (χ1v) is 9.90. The van der Waals surface area contributed by atoms with Crippen LogP contribution in [0.5, 0.6) is 0 Å². The molecule has 0 bridgehead atoms. The van der Waals surface area contributed by atoms with Crippen molar-refractivity contribution in [2.45, 2.75) is 32.5 Å². The standard InChI is InChI=1S/C19H21ClFN3O2S/c1-12-5-6-13(27-12)10-23-18(25)9-17-19(26)22-7-8-24(17)11-14-15(20)3-2-4-16(14)21/h2-6,17H,7-11H2,1H3,(H,22,26)(H,23,25)/t17-/m1/s1. The Balaban J connectivity index is 1.65. The lowest BCUT2D eigenvalue weighted by Gasteiger charge is -2.35. The Hall–Kier alpha value is -1.96. The van der Waals surface area contributed by atoms with Crippen molar-refractivity contribution in [3.63, 3.8) is 0 Å². The van der Waals surface area contributed by atoms with Gasteiger partial charge >= 0.3 is 0 Å². The average Bonchev–Trinajstić information content (AvgIpc) is 3.04. The number of aryl methyl sites for hydroxylation is 1. The topological polar surface area (TPSA) is 61.4 Å². The molecular formula is C19H21ClFN3O2S. The van der Waals surface area contributed by atoms with E-state index in [-0.39, 0.29) is 24.8 Å². The van der Waals surface area contributed by atoms with Crippen LogP contribution in [0.25, 0.3) is 0 Å². The van der Waals surface area contributed by atoms with Crippen molar-refractivity contribution in [1.29, 1.82) is 0 Å². The van der Waals surface area contributed by atoms with Crippen LogP contribution in [0.2, 0.25) is 5.02 Å². The average molecular weight is 410 g/mol. The number of hydrogen-bond donors (Lipinski definition) is 2. The normalized spacial score (nSPS) is 17.6. The molecule has 3 rings (SSSR count). The summed E-state index contributed by atoms with van der Waals surface area (Å²) in [4.78, 5) is 28.7. The van der Waals surface area contributed by atoms with Crippen molar-refractivity contribution in [3.8, 4) is 0 Å². The van der Waals surface area contributed by atoms with Crippen LogP contribution in [-0.2, 0) is 22.7 Å². The molecule has 27 heavy (non-hydrogen) atoms. The Morgan fingerprint density at radius 2 is 2.22 bits per heavy atom. The SMILES string of the molecule is Cc1ccc(CNC(=O)C[C@@H]2C(=O)NCCN2Cc2c(F)cccc2Cl)s1. The van der Waals surface area contributed by atoms with Gasteiger partial charge in [0.2, 0.25) is 11.8 Å². The molecule has 2 N–H and O–H groups in total. The van der Waals surface area contributed by atoms with Crippen molar-refractivity contribution in [1.82, 2.24) is 15.5 Å². The minimum Gasteiger partial charge on any atom is -0.353 e. The maximum Gasteiger partial charge on any atom is 0.237 e. The Labute approximate surface area is 166 Å². The zero-order valence-corrected chi connectivity index (χ0v) is 16.5. The molecule has 5 nitrogen and oxygen atoms in total. The molecule has 0 spiro atoms. The van der Waals surface area contributed by atoms with Gasteiger partial charge in [-0.1, -0.05) is 17.7 Å². The summed E-state index contributed by atoms with van der Waals surface area (Å²) < 4.78 is 14.1. The molecule has 0 unspecified atom stereocenters. The molecule has 1 aliphatic rings. The first-order valence-electron chi connectivity index (χ1n) is 8.70. The highest BCUT2D eigenvalue weighted by molar-refractivity contribution is 7.11. The molecule has 0 aliphatic carbocycles. The second-order valence-electron chi connectivity index (χ2n) is 6.47. The molecule has 144 valence electrons. The number of carbonyl (C=O) groups is 2. The molecule has 1 saturated heterocycles. The number of amides is 2. The number of nitrogens with zero attached hydrogens (tertiary/aromatic N) is 1. The quantitative estimate of drug-likeness (QED) is 0.771. The van der Waals surface area contributed by atoms with Crippen LogP contribution in [0, 0.1) is 12.7 Å². The van der Waals surface area contributed by atoms with Gasteiger partial charge in [0.05, 0.1) is 19.0 Å². The van der Waals surface area contributed by atoms with Crippen LogP contribution >= 0.6 is 22.9 Å². The summed E-state index contributed by atoms with van der Waals surface area (Å²) in [6, 6.07) is 7.83. The van der Waals surface area contributed by atoms with Crippen molar-refractivity contribution >= 4 is 34.8 Å². The maximum atomic E-state index is 14.1. The number of carbonyl (C=O) groups excluding carboxylic acids is 2. The molecule has 2 aromatic rings. The summed E-state index contributed by atoms with van der Waals surface area (Å²) in [6.07, 6.45) is 0.0161. The van der Waals surface area contributed by atoms with E-state index in [1.807, 2.05) is 19.1 Å². The third-order valence-corrected chi connectivity index (χ3v) is 5.85. The van der Waals surface area contributed by atoms with E-state index >= 15 is 0 Å². The zero-order chi connectivity index (χ0) is 19.4. The van der Waals surface area contributed by atoms with Gasteiger partial charge in [-0.25, -0.2) is 4.39 Å². The van der Waals surface area contributed by atoms with Crippen LogP contribution in [0.4, 0.5) is 4.39 Å². The van der Waals surface area contributed by atoms with Gasteiger partial charge in [0.1, 0.15) is 5.82 Å². The van der Waals surface area contributed by atoms with Gasteiger partial charge in [-0.15, -0.1) is 11.3 Å². The molecule has 1 fully saturated rings. The number of hydrogen-bond acceptors (Lipinski definition) is 4. The Kier molecular flexibility index (Phi) is 6.46. The Bertz CT molecular complexity index is 822. The number of rotatable bonds is 6. The Morgan fingerprint density at radius 3 is 2.93 bits per heavy atom. The van der Waals surface area contributed by atoms with E-state index in [9.17, 15) is 14.0 Å². The molecule has 8 heteroatoms. The monoisotopic (exact) mass is 409 g/mol. The summed E-state index contributed by atoms with van der Waals surface area (Å²) >= 11 is 7.73. The first-order chi connectivity index (χ1) is 12.9. The van der Waals surface area contributed by atoms with Gasteiger partial charge in [-0.2, -0.15) is 0 Å². The van der Waals surface area contributed by atoms with Crippen molar-refractivity contribution < 1.29 is 14.0 Å². The van der Waals surface area contributed by atoms with E-state index < -0.39 is 11.9 Å². The van der Waals surface area contributed by atoms with Crippen molar-refractivity contribution in [3.05, 3.63) is 56.5 Å². The summed E-state index contributed by atoms with van der Waals surface area (Å²) in [6.45, 7) is 3.61. The van der Waals surface area contributed by atoms with Crippen LogP contribution in [0.15, 0.2) is 30.3 Å². The minimum absolute atomic E-state index is 0.0161. The molecule has 1 aromatic heterocycles. The molecule has 1 aliphatic heterocycles. The molecule has 2 amide bonds. The molecule has 2 heterocycles. The minimum atomic E-state index is -0.653. The lowest BCUT2D eigenvalue weighted by molar-refractivity contribution is -0.134. The predicted molar refractivity (Wildman–Crippen MR) is 104 cm³/mol. The first kappa shape index (κ1) is 19.8. The maximum absolute atomic E-state index is 14.1. The van der Waals surface area contributed by atoms with E-state index in [0.717, 1.165) is 4.88 Å². The van der Waals surface area contributed by atoms with Gasteiger partial charge in [-0.3, -0.25) is 14.5 Å². The van der Waals surface area contributed by atoms with Gasteiger partial charge in [0.15, 0.2) is 0 Å². The van der Waals surface area contributed by atoms with Gasteiger partial charge < -0.3 is 10.6 Å². The predicted octanol–water partition coefficient (Wildman–Crippen LogP) is 2.86. The summed E-state index contributed by atoms with van der Waals surface area (Å²) in [5, 5.41) is 5.94. The van der Waals surface area contributed by atoms with E-state index in [1.165, 1.54) is 10.9 Å². The van der Waals surface area contributed by atoms with Crippen molar-refractivity contribution in [2.75, 3.05) is 13.1 Å². The van der Waals surface area contributed by atoms with Crippen molar-refractivity contribution in [2.24, 2.45) is 0 Å². The smallest absolute Gasteiger partial charge is 0.237 e. The lowest BCUT2D eigenvalue weighted by Crippen LogP contribution is -2.56. The molecular weight excluding hydrogens is 389 g/mol.